The number of hydrogen-bond donors (Lipinski definition) is 4. The van der Waals surface area contributed by atoms with Crippen molar-refractivity contribution >= 4 is 49.7 Å². The molecule has 10 nitrogen and oxygen atoms in total. The van der Waals surface area contributed by atoms with Crippen LogP contribution in [0.2, 0.25) is 0 Å². The molecule has 4 aromatic rings. The molecule has 0 saturated heterocycles. The second kappa shape index (κ2) is 12.5. The van der Waals surface area contributed by atoms with Gasteiger partial charge in [-0.25, -0.2) is 22.5 Å². The third-order valence-corrected chi connectivity index (χ3v) is 8.90. The Bertz CT molecular complexity index is 1780. The summed E-state index contributed by atoms with van der Waals surface area (Å²) in [6.07, 6.45) is 0. The molecule has 226 valence electrons. The number of ether oxygens (including phenoxy) is 1. The van der Waals surface area contributed by atoms with E-state index in [1.54, 1.807) is 64.1 Å². The van der Waals surface area contributed by atoms with Gasteiger partial charge in [0.05, 0.1) is 29.1 Å². The second-order valence-corrected chi connectivity index (χ2v) is 13.4. The molecule has 0 aliphatic heterocycles. The van der Waals surface area contributed by atoms with Crippen molar-refractivity contribution in [3.05, 3.63) is 83.3 Å². The first-order valence-electron chi connectivity index (χ1n) is 13.1. The van der Waals surface area contributed by atoms with Crippen LogP contribution in [0, 0.1) is 18.2 Å². The van der Waals surface area contributed by atoms with Gasteiger partial charge in [-0.2, -0.15) is 0 Å². The molecule has 0 aliphatic rings. The molecule has 1 aromatic heterocycles. The number of hydrogen-bond acceptors (Lipinski definition) is 8. The van der Waals surface area contributed by atoms with Crippen LogP contribution in [0.3, 0.4) is 0 Å². The molecule has 1 heterocycles. The van der Waals surface area contributed by atoms with E-state index in [0.29, 0.717) is 32.4 Å². The van der Waals surface area contributed by atoms with Crippen molar-refractivity contribution in [1.82, 2.24) is 9.71 Å². The van der Waals surface area contributed by atoms with Gasteiger partial charge in [-0.3, -0.25) is 9.59 Å². The van der Waals surface area contributed by atoms with Crippen LogP contribution in [0.5, 0.6) is 5.75 Å². The van der Waals surface area contributed by atoms with E-state index in [4.69, 9.17) is 10.5 Å². The Labute approximate surface area is 253 Å². The van der Waals surface area contributed by atoms with Gasteiger partial charge in [0, 0.05) is 17.5 Å². The van der Waals surface area contributed by atoms with E-state index in [0.717, 1.165) is 6.07 Å². The minimum atomic E-state index is -4.04. The van der Waals surface area contributed by atoms with Gasteiger partial charge in [0.25, 0.3) is 5.91 Å². The Kier molecular flexibility index (Phi) is 9.18. The molecule has 0 aliphatic carbocycles. The smallest absolute Gasteiger partial charge is 0.255 e. The summed E-state index contributed by atoms with van der Waals surface area (Å²) >= 11 is 1.25. The SMILES string of the molecule is COc1ccc(-c2sc(NC(=O)C(C)(C)C)nc2C)cc1S(=O)(=O)NCc1ccc(C(=O)Nc2ccc(F)cc2N)cc1. The van der Waals surface area contributed by atoms with Crippen molar-refractivity contribution in [1.29, 1.82) is 0 Å². The summed E-state index contributed by atoms with van der Waals surface area (Å²) in [4.78, 5) is 30.1. The average molecular weight is 626 g/mol. The molecule has 0 fully saturated rings. The van der Waals surface area contributed by atoms with Crippen LogP contribution in [0.15, 0.2) is 65.6 Å². The topological polar surface area (TPSA) is 153 Å². The molecule has 0 spiro atoms. The van der Waals surface area contributed by atoms with Crippen LogP contribution in [-0.4, -0.2) is 32.3 Å². The zero-order valence-electron chi connectivity index (χ0n) is 24.2. The number of carbonyl (C=O) groups excluding carboxylic acids is 2. The summed E-state index contributed by atoms with van der Waals surface area (Å²) in [6, 6.07) is 14.8. The van der Waals surface area contributed by atoms with Crippen LogP contribution < -0.4 is 25.8 Å². The molecule has 13 heteroatoms. The fourth-order valence-corrected chi connectivity index (χ4v) is 6.07. The maximum absolute atomic E-state index is 13.4. The Morgan fingerprint density at radius 2 is 1.72 bits per heavy atom. The normalized spacial score (nSPS) is 11.7. The molecule has 4 rings (SSSR count). The highest BCUT2D eigenvalue weighted by Gasteiger charge is 2.25. The molecular formula is C30H32FN5O5S2. The number of nitrogen functional groups attached to an aromatic ring is 1. The lowest BCUT2D eigenvalue weighted by Crippen LogP contribution is -2.27. The van der Waals surface area contributed by atoms with E-state index in [1.807, 2.05) is 0 Å². The third-order valence-electron chi connectivity index (χ3n) is 6.36. The van der Waals surface area contributed by atoms with Crippen LogP contribution in [0.1, 0.15) is 42.4 Å². The number of rotatable bonds is 9. The average Bonchev–Trinajstić information content (AvgIpc) is 3.32. The second-order valence-electron chi connectivity index (χ2n) is 10.7. The van der Waals surface area contributed by atoms with E-state index < -0.39 is 27.2 Å². The van der Waals surface area contributed by atoms with E-state index in [9.17, 15) is 22.4 Å². The lowest BCUT2D eigenvalue weighted by atomic mass is 9.96. The summed E-state index contributed by atoms with van der Waals surface area (Å²) in [5, 5.41) is 5.86. The highest BCUT2D eigenvalue weighted by atomic mass is 32.2. The predicted octanol–water partition coefficient (Wildman–Crippen LogP) is 5.56. The molecule has 43 heavy (non-hydrogen) atoms. The molecule has 0 unspecified atom stereocenters. The number of halogens is 1. The van der Waals surface area contributed by atoms with Gasteiger partial charge < -0.3 is 21.1 Å². The maximum atomic E-state index is 13.4. The summed E-state index contributed by atoms with van der Waals surface area (Å²) in [5.41, 5.74) is 7.68. The molecular weight excluding hydrogens is 593 g/mol. The Hall–Kier alpha value is -4.33. The Morgan fingerprint density at radius 3 is 2.35 bits per heavy atom. The number of thiazole rings is 1. The summed E-state index contributed by atoms with van der Waals surface area (Å²) in [7, 11) is -2.65. The summed E-state index contributed by atoms with van der Waals surface area (Å²) in [5.74, 6) is -0.986. The van der Waals surface area contributed by atoms with E-state index in [1.165, 1.54) is 36.6 Å². The number of carbonyl (C=O) groups is 2. The zero-order chi connectivity index (χ0) is 31.5. The van der Waals surface area contributed by atoms with E-state index in [2.05, 4.69) is 20.3 Å². The Balaban J connectivity index is 1.49. The van der Waals surface area contributed by atoms with Gasteiger partial charge in [0.1, 0.15) is 16.5 Å². The standard InChI is InChI=1S/C30H32FN5O5S2/c1-17-26(42-29(34-17)36-28(38)30(2,3)4)20-10-13-24(41-5)25(14-20)43(39,40)33-16-18-6-8-19(9-7-18)27(37)35-23-12-11-21(31)15-22(23)32/h6-15,33H,16,32H2,1-5H3,(H,35,37)(H,34,36,38). The van der Waals surface area contributed by atoms with E-state index >= 15 is 0 Å². The molecule has 0 atom stereocenters. The summed E-state index contributed by atoms with van der Waals surface area (Å²) < 4.78 is 48.0. The minimum absolute atomic E-state index is 0.0505. The molecule has 3 aromatic carbocycles. The highest BCUT2D eigenvalue weighted by molar-refractivity contribution is 7.89. The van der Waals surface area contributed by atoms with Crippen molar-refractivity contribution in [3.63, 3.8) is 0 Å². The minimum Gasteiger partial charge on any atom is -0.495 e. The Morgan fingerprint density at radius 1 is 1.02 bits per heavy atom. The number of nitrogens with one attached hydrogen (secondary N) is 3. The lowest BCUT2D eigenvalue weighted by Gasteiger charge is -2.15. The van der Waals surface area contributed by atoms with Gasteiger partial charge in [-0.05, 0) is 66.6 Å². The maximum Gasteiger partial charge on any atom is 0.255 e. The van der Waals surface area contributed by atoms with E-state index in [-0.39, 0.29) is 34.5 Å². The number of nitrogens with zero attached hydrogens (tertiary/aromatic N) is 1. The zero-order valence-corrected chi connectivity index (χ0v) is 25.9. The lowest BCUT2D eigenvalue weighted by molar-refractivity contribution is -0.123. The van der Waals surface area contributed by atoms with Crippen LogP contribution in [0.25, 0.3) is 10.4 Å². The monoisotopic (exact) mass is 625 g/mol. The summed E-state index contributed by atoms with van der Waals surface area (Å²) in [6.45, 7) is 7.14. The number of aryl methyl sites for hydroxylation is 1. The van der Waals surface area contributed by atoms with Gasteiger partial charge in [0.2, 0.25) is 15.9 Å². The van der Waals surface area contributed by atoms with Crippen LogP contribution in [-0.2, 0) is 21.4 Å². The number of benzene rings is 3. The van der Waals surface area contributed by atoms with Crippen molar-refractivity contribution in [2.45, 2.75) is 39.1 Å². The first kappa shape index (κ1) is 31.6. The van der Waals surface area contributed by atoms with Gasteiger partial charge in [-0.15, -0.1) is 0 Å². The first-order valence-corrected chi connectivity index (χ1v) is 15.4. The number of nitrogens with two attached hydrogens (primary N) is 1. The number of aromatic nitrogens is 1. The van der Waals surface area contributed by atoms with Crippen molar-refractivity contribution in [2.75, 3.05) is 23.5 Å². The molecule has 0 bridgehead atoms. The predicted molar refractivity (Wildman–Crippen MR) is 166 cm³/mol. The number of methoxy groups -OCH3 is 1. The van der Waals surface area contributed by atoms with Crippen molar-refractivity contribution in [3.8, 4) is 16.2 Å². The van der Waals surface area contributed by atoms with Gasteiger partial charge >= 0.3 is 0 Å². The third kappa shape index (κ3) is 7.55. The van der Waals surface area contributed by atoms with Crippen molar-refractivity contribution in [2.24, 2.45) is 5.41 Å². The van der Waals surface area contributed by atoms with Crippen LogP contribution >= 0.6 is 11.3 Å². The molecule has 5 N–H and O–H groups in total. The largest absolute Gasteiger partial charge is 0.495 e. The number of sulfonamides is 1. The van der Waals surface area contributed by atoms with Gasteiger partial charge in [-0.1, -0.05) is 44.2 Å². The number of anilines is 3. The molecule has 0 saturated carbocycles. The first-order chi connectivity index (χ1) is 20.2. The van der Waals surface area contributed by atoms with Crippen LogP contribution in [0.4, 0.5) is 20.9 Å². The quantitative estimate of drug-likeness (QED) is 0.178. The number of amides is 2. The fraction of sp³-hybridized carbons (Fsp3) is 0.233. The fourth-order valence-electron chi connectivity index (χ4n) is 3.90. The highest BCUT2D eigenvalue weighted by Crippen LogP contribution is 2.37. The van der Waals surface area contributed by atoms with Crippen molar-refractivity contribution < 1.29 is 27.1 Å². The molecule has 0 radical (unpaired) electrons. The van der Waals surface area contributed by atoms with Gasteiger partial charge in [0.15, 0.2) is 5.13 Å². The molecule has 2 amide bonds.